The number of amides is 2. The van der Waals surface area contributed by atoms with E-state index in [1.807, 2.05) is 30.0 Å². The van der Waals surface area contributed by atoms with Gasteiger partial charge in [-0.15, -0.1) is 0 Å². The van der Waals surface area contributed by atoms with E-state index >= 15 is 0 Å². The Morgan fingerprint density at radius 1 is 1.26 bits per heavy atom. The van der Waals surface area contributed by atoms with Crippen molar-refractivity contribution in [2.24, 2.45) is 0 Å². The van der Waals surface area contributed by atoms with Crippen molar-refractivity contribution in [3.8, 4) is 5.75 Å². The van der Waals surface area contributed by atoms with Gasteiger partial charge in [0.05, 0.1) is 20.3 Å². The summed E-state index contributed by atoms with van der Waals surface area (Å²) in [6, 6.07) is 5.54. The number of nitrogens with zero attached hydrogens (tertiary/aromatic N) is 1. The summed E-state index contributed by atoms with van der Waals surface area (Å²) >= 11 is 0. The molecule has 23 heavy (non-hydrogen) atoms. The standard InChI is InChI=1S/C17H24N2O4/c1-13-12-14(21-2)4-5-15(13)18-16(20)19-8-6-17(7-9-19)22-10-3-11-23-17/h4-5,12H,3,6-11H2,1-2H3,(H,18,20). The molecule has 1 aromatic rings. The fourth-order valence-electron chi connectivity index (χ4n) is 3.05. The molecule has 2 aliphatic rings. The van der Waals surface area contributed by atoms with Crippen LogP contribution in [-0.2, 0) is 9.47 Å². The lowest BCUT2D eigenvalue weighted by atomic mass is 10.0. The van der Waals surface area contributed by atoms with Gasteiger partial charge in [0.1, 0.15) is 5.75 Å². The molecule has 6 nitrogen and oxygen atoms in total. The van der Waals surface area contributed by atoms with E-state index < -0.39 is 5.79 Å². The summed E-state index contributed by atoms with van der Waals surface area (Å²) in [4.78, 5) is 14.3. The van der Waals surface area contributed by atoms with Crippen molar-refractivity contribution >= 4 is 11.7 Å². The Balaban J connectivity index is 1.57. The van der Waals surface area contributed by atoms with Gasteiger partial charge >= 0.3 is 6.03 Å². The number of carbonyl (C=O) groups excluding carboxylic acids is 1. The Hall–Kier alpha value is -1.79. The van der Waals surface area contributed by atoms with E-state index in [-0.39, 0.29) is 6.03 Å². The number of rotatable bonds is 2. The van der Waals surface area contributed by atoms with Crippen molar-refractivity contribution in [1.29, 1.82) is 0 Å². The molecule has 1 N–H and O–H groups in total. The van der Waals surface area contributed by atoms with Crippen molar-refractivity contribution in [2.75, 3.05) is 38.7 Å². The van der Waals surface area contributed by atoms with Gasteiger partial charge in [-0.2, -0.15) is 0 Å². The SMILES string of the molecule is COc1ccc(NC(=O)N2CCC3(CC2)OCCCO3)c(C)c1. The molecule has 1 spiro atoms. The van der Waals surface area contributed by atoms with E-state index in [1.165, 1.54) is 0 Å². The second-order valence-corrected chi connectivity index (χ2v) is 6.06. The van der Waals surface area contributed by atoms with Crippen molar-refractivity contribution < 1.29 is 19.0 Å². The minimum atomic E-state index is -0.467. The molecule has 3 rings (SSSR count). The summed E-state index contributed by atoms with van der Waals surface area (Å²) in [5.41, 5.74) is 1.78. The second-order valence-electron chi connectivity index (χ2n) is 6.06. The van der Waals surface area contributed by atoms with Gasteiger partial charge in [0, 0.05) is 31.6 Å². The number of piperidine rings is 1. The number of anilines is 1. The summed E-state index contributed by atoms with van der Waals surface area (Å²) in [5.74, 6) is 0.317. The molecule has 0 radical (unpaired) electrons. The first-order valence-corrected chi connectivity index (χ1v) is 8.10. The number of ether oxygens (including phenoxy) is 3. The third-order valence-electron chi connectivity index (χ3n) is 4.51. The Kier molecular flexibility index (Phi) is 4.73. The molecule has 2 fully saturated rings. The van der Waals surface area contributed by atoms with E-state index in [1.54, 1.807) is 7.11 Å². The molecule has 1 aromatic carbocycles. The fourth-order valence-corrected chi connectivity index (χ4v) is 3.05. The molecule has 2 amide bonds. The van der Waals surface area contributed by atoms with E-state index in [0.29, 0.717) is 13.1 Å². The first-order chi connectivity index (χ1) is 11.1. The summed E-state index contributed by atoms with van der Waals surface area (Å²) in [7, 11) is 1.63. The minimum absolute atomic E-state index is 0.0797. The molecule has 2 saturated heterocycles. The van der Waals surface area contributed by atoms with Crippen LogP contribution in [0.25, 0.3) is 0 Å². The molecule has 126 valence electrons. The van der Waals surface area contributed by atoms with Crippen LogP contribution in [-0.4, -0.2) is 50.1 Å². The molecule has 6 heteroatoms. The highest BCUT2D eigenvalue weighted by Crippen LogP contribution is 2.31. The maximum Gasteiger partial charge on any atom is 0.321 e. The highest BCUT2D eigenvalue weighted by Gasteiger charge is 2.39. The maximum atomic E-state index is 12.4. The van der Waals surface area contributed by atoms with Gasteiger partial charge in [0.25, 0.3) is 0 Å². The van der Waals surface area contributed by atoms with E-state index in [4.69, 9.17) is 14.2 Å². The van der Waals surface area contributed by atoms with Crippen molar-refractivity contribution in [2.45, 2.75) is 32.0 Å². The van der Waals surface area contributed by atoms with Gasteiger partial charge in [-0.1, -0.05) is 0 Å². The molecule has 0 atom stereocenters. The summed E-state index contributed by atoms with van der Waals surface area (Å²) < 4.78 is 16.8. The van der Waals surface area contributed by atoms with Crippen LogP contribution in [0.3, 0.4) is 0 Å². The number of nitrogens with one attached hydrogen (secondary N) is 1. The number of urea groups is 1. The lowest BCUT2D eigenvalue weighted by molar-refractivity contribution is -0.281. The number of aryl methyl sites for hydroxylation is 1. The lowest BCUT2D eigenvalue weighted by Gasteiger charge is -2.43. The van der Waals surface area contributed by atoms with Crippen LogP contribution >= 0.6 is 0 Å². The summed E-state index contributed by atoms with van der Waals surface area (Å²) in [6.07, 6.45) is 2.40. The minimum Gasteiger partial charge on any atom is -0.497 e. The predicted octanol–water partition coefficient (Wildman–Crippen LogP) is 2.76. The topological polar surface area (TPSA) is 60.0 Å². The van der Waals surface area contributed by atoms with Crippen LogP contribution in [0.1, 0.15) is 24.8 Å². The number of hydrogen-bond acceptors (Lipinski definition) is 4. The van der Waals surface area contributed by atoms with Crippen LogP contribution in [0.5, 0.6) is 5.75 Å². The zero-order valence-electron chi connectivity index (χ0n) is 13.8. The molecular weight excluding hydrogens is 296 g/mol. The Morgan fingerprint density at radius 3 is 2.57 bits per heavy atom. The summed E-state index contributed by atoms with van der Waals surface area (Å²) in [6.45, 7) is 4.73. The summed E-state index contributed by atoms with van der Waals surface area (Å²) in [5, 5.41) is 2.97. The second kappa shape index (κ2) is 6.76. The van der Waals surface area contributed by atoms with Gasteiger partial charge in [0.15, 0.2) is 5.79 Å². The Bertz CT molecular complexity index is 560. The average molecular weight is 320 g/mol. The van der Waals surface area contributed by atoms with Crippen LogP contribution in [0.15, 0.2) is 18.2 Å². The number of benzene rings is 1. The van der Waals surface area contributed by atoms with Crippen molar-refractivity contribution in [1.82, 2.24) is 4.90 Å². The van der Waals surface area contributed by atoms with Crippen LogP contribution in [0.2, 0.25) is 0 Å². The monoisotopic (exact) mass is 320 g/mol. The Morgan fingerprint density at radius 2 is 1.96 bits per heavy atom. The van der Waals surface area contributed by atoms with E-state index in [9.17, 15) is 4.79 Å². The van der Waals surface area contributed by atoms with E-state index in [2.05, 4.69) is 5.32 Å². The van der Waals surface area contributed by atoms with Gasteiger partial charge in [-0.05, 0) is 37.1 Å². The molecule has 0 aliphatic carbocycles. The third kappa shape index (κ3) is 3.59. The Labute approximate surface area is 136 Å². The van der Waals surface area contributed by atoms with Crippen LogP contribution in [0.4, 0.5) is 10.5 Å². The molecule has 0 saturated carbocycles. The molecule has 0 aromatic heterocycles. The van der Waals surface area contributed by atoms with Crippen LogP contribution < -0.4 is 10.1 Å². The lowest BCUT2D eigenvalue weighted by Crippen LogP contribution is -2.52. The van der Waals surface area contributed by atoms with Gasteiger partial charge in [-0.3, -0.25) is 0 Å². The number of hydrogen-bond donors (Lipinski definition) is 1. The molecule has 2 aliphatic heterocycles. The number of methoxy groups -OCH3 is 1. The first-order valence-electron chi connectivity index (χ1n) is 8.10. The van der Waals surface area contributed by atoms with Crippen LogP contribution in [0, 0.1) is 6.92 Å². The maximum absolute atomic E-state index is 12.4. The average Bonchev–Trinajstić information content (AvgIpc) is 2.58. The molecule has 2 heterocycles. The number of likely N-dealkylation sites (tertiary alicyclic amines) is 1. The highest BCUT2D eigenvalue weighted by molar-refractivity contribution is 5.90. The quantitative estimate of drug-likeness (QED) is 0.910. The fraction of sp³-hybridized carbons (Fsp3) is 0.588. The van der Waals surface area contributed by atoms with E-state index in [0.717, 1.165) is 49.5 Å². The molecule has 0 bridgehead atoms. The first kappa shape index (κ1) is 16.1. The van der Waals surface area contributed by atoms with Gasteiger partial charge < -0.3 is 24.4 Å². The molecular formula is C17H24N2O4. The zero-order chi connectivity index (χ0) is 16.3. The zero-order valence-corrected chi connectivity index (χ0v) is 13.8. The number of carbonyl (C=O) groups is 1. The smallest absolute Gasteiger partial charge is 0.321 e. The van der Waals surface area contributed by atoms with Crippen molar-refractivity contribution in [3.05, 3.63) is 23.8 Å². The van der Waals surface area contributed by atoms with Crippen molar-refractivity contribution in [3.63, 3.8) is 0 Å². The predicted molar refractivity (Wildman–Crippen MR) is 86.8 cm³/mol. The highest BCUT2D eigenvalue weighted by atomic mass is 16.7. The van der Waals surface area contributed by atoms with Gasteiger partial charge in [-0.25, -0.2) is 4.79 Å². The largest absolute Gasteiger partial charge is 0.497 e. The molecule has 0 unspecified atom stereocenters. The third-order valence-corrected chi connectivity index (χ3v) is 4.51. The van der Waals surface area contributed by atoms with Gasteiger partial charge in [0.2, 0.25) is 0 Å². The normalized spacial score (nSPS) is 20.3.